The molecule has 7 nitrogen and oxygen atoms in total. The number of hydrogen-bond donors (Lipinski definition) is 1. The first-order chi connectivity index (χ1) is 16.3. The van der Waals surface area contributed by atoms with Crippen molar-refractivity contribution in [3.63, 3.8) is 0 Å². The fraction of sp³-hybridized carbons (Fsp3) is 0.360. The van der Waals surface area contributed by atoms with Gasteiger partial charge in [-0.2, -0.15) is 5.10 Å². The van der Waals surface area contributed by atoms with Crippen molar-refractivity contribution in [3.05, 3.63) is 65.5 Å². The highest BCUT2D eigenvalue weighted by Crippen LogP contribution is 2.29. The van der Waals surface area contributed by atoms with E-state index in [1.807, 2.05) is 32.0 Å². The summed E-state index contributed by atoms with van der Waals surface area (Å²) < 4.78 is 44.1. The van der Waals surface area contributed by atoms with E-state index in [4.69, 9.17) is 14.2 Å². The number of ether oxygens (including phenoxy) is 3. The number of rotatable bonds is 11. The lowest BCUT2D eigenvalue weighted by Crippen LogP contribution is -2.25. The van der Waals surface area contributed by atoms with Crippen molar-refractivity contribution in [2.45, 2.75) is 46.8 Å². The summed E-state index contributed by atoms with van der Waals surface area (Å²) in [6, 6.07) is 13.1. The molecule has 0 aliphatic carbocycles. The number of aryl methyl sites for hydroxylation is 1. The number of carbonyl (C=O) groups is 1. The number of alkyl halides is 2. The standard InChI is InChI=1S/C25H29F2N3O4/c1-5-32-22-12-7-18(14-23(22)33-6-2)15-34-20-10-8-19(9-11-20)28-25(31)17(4)30-16(3)13-21(29-30)24(26)27/h7-14,17,24H,5-6,15H2,1-4H3,(H,28,31). The van der Waals surface area contributed by atoms with E-state index in [1.54, 1.807) is 38.1 Å². The van der Waals surface area contributed by atoms with Crippen molar-refractivity contribution in [1.29, 1.82) is 0 Å². The molecule has 0 bridgehead atoms. The summed E-state index contributed by atoms with van der Waals surface area (Å²) in [5.41, 5.74) is 1.63. The molecule has 1 amide bonds. The third-order valence-corrected chi connectivity index (χ3v) is 5.05. The van der Waals surface area contributed by atoms with Crippen LogP contribution in [0.3, 0.4) is 0 Å². The summed E-state index contributed by atoms with van der Waals surface area (Å²) in [6.45, 7) is 8.49. The Morgan fingerprint density at radius 2 is 1.68 bits per heavy atom. The average Bonchev–Trinajstić information content (AvgIpc) is 3.21. The molecule has 0 saturated carbocycles. The van der Waals surface area contributed by atoms with E-state index in [-0.39, 0.29) is 11.6 Å². The average molecular weight is 474 g/mol. The number of amides is 1. The second kappa shape index (κ2) is 11.5. The van der Waals surface area contributed by atoms with Crippen LogP contribution in [-0.4, -0.2) is 28.9 Å². The van der Waals surface area contributed by atoms with Gasteiger partial charge in [0.25, 0.3) is 6.43 Å². The molecule has 1 N–H and O–H groups in total. The number of hydrogen-bond acceptors (Lipinski definition) is 5. The lowest BCUT2D eigenvalue weighted by Gasteiger charge is -2.15. The molecule has 0 saturated heterocycles. The van der Waals surface area contributed by atoms with Gasteiger partial charge in [0.15, 0.2) is 11.5 Å². The van der Waals surface area contributed by atoms with Gasteiger partial charge in [-0.25, -0.2) is 8.78 Å². The fourth-order valence-corrected chi connectivity index (χ4v) is 3.36. The van der Waals surface area contributed by atoms with Crippen LogP contribution in [-0.2, 0) is 11.4 Å². The van der Waals surface area contributed by atoms with E-state index in [9.17, 15) is 13.6 Å². The van der Waals surface area contributed by atoms with Gasteiger partial charge in [-0.15, -0.1) is 0 Å². The van der Waals surface area contributed by atoms with Gasteiger partial charge in [0.2, 0.25) is 5.91 Å². The number of carbonyl (C=O) groups excluding carboxylic acids is 1. The van der Waals surface area contributed by atoms with Crippen molar-refractivity contribution in [3.8, 4) is 17.2 Å². The molecule has 0 radical (unpaired) electrons. The van der Waals surface area contributed by atoms with Gasteiger partial charge in [0.05, 0.1) is 13.2 Å². The van der Waals surface area contributed by atoms with Crippen molar-refractivity contribution in [2.75, 3.05) is 18.5 Å². The van der Waals surface area contributed by atoms with Crippen molar-refractivity contribution in [2.24, 2.45) is 0 Å². The van der Waals surface area contributed by atoms with Crippen LogP contribution in [0.25, 0.3) is 0 Å². The Morgan fingerprint density at radius 3 is 2.29 bits per heavy atom. The van der Waals surface area contributed by atoms with Crippen LogP contribution in [0.1, 0.15) is 50.2 Å². The van der Waals surface area contributed by atoms with E-state index in [2.05, 4.69) is 10.4 Å². The van der Waals surface area contributed by atoms with E-state index in [0.29, 0.717) is 48.5 Å². The summed E-state index contributed by atoms with van der Waals surface area (Å²) in [5, 5.41) is 6.61. The minimum Gasteiger partial charge on any atom is -0.490 e. The van der Waals surface area contributed by atoms with Crippen molar-refractivity contribution >= 4 is 11.6 Å². The van der Waals surface area contributed by atoms with E-state index in [1.165, 1.54) is 10.7 Å². The topological polar surface area (TPSA) is 74.6 Å². The first-order valence-electron chi connectivity index (χ1n) is 11.1. The third kappa shape index (κ3) is 6.24. The Morgan fingerprint density at radius 1 is 1.00 bits per heavy atom. The Labute approximate surface area is 197 Å². The number of aromatic nitrogens is 2. The summed E-state index contributed by atoms with van der Waals surface area (Å²) in [4.78, 5) is 12.6. The first-order valence-corrected chi connectivity index (χ1v) is 11.1. The maximum Gasteiger partial charge on any atom is 0.282 e. The van der Waals surface area contributed by atoms with Gasteiger partial charge in [-0.1, -0.05) is 6.07 Å². The molecule has 1 unspecified atom stereocenters. The monoisotopic (exact) mass is 473 g/mol. The lowest BCUT2D eigenvalue weighted by molar-refractivity contribution is -0.119. The minimum atomic E-state index is -2.68. The number of halogens is 2. The predicted octanol–water partition coefficient (Wildman–Crippen LogP) is 5.71. The van der Waals surface area contributed by atoms with Gasteiger partial charge < -0.3 is 19.5 Å². The van der Waals surface area contributed by atoms with Crippen LogP contribution in [0.4, 0.5) is 14.5 Å². The molecule has 1 atom stereocenters. The Balaban J connectivity index is 1.59. The van der Waals surface area contributed by atoms with Gasteiger partial charge >= 0.3 is 0 Å². The fourth-order valence-electron chi connectivity index (χ4n) is 3.36. The predicted molar refractivity (Wildman–Crippen MR) is 125 cm³/mol. The highest BCUT2D eigenvalue weighted by atomic mass is 19.3. The molecule has 2 aromatic carbocycles. The second-order valence-electron chi connectivity index (χ2n) is 7.58. The Hall–Kier alpha value is -3.62. The third-order valence-electron chi connectivity index (χ3n) is 5.05. The van der Waals surface area contributed by atoms with Gasteiger partial charge in [0.1, 0.15) is 24.1 Å². The highest BCUT2D eigenvalue weighted by molar-refractivity contribution is 5.93. The van der Waals surface area contributed by atoms with Crippen LogP contribution in [0.15, 0.2) is 48.5 Å². The van der Waals surface area contributed by atoms with Crippen LogP contribution >= 0.6 is 0 Å². The number of nitrogens with zero attached hydrogens (tertiary/aromatic N) is 2. The summed E-state index contributed by atoms with van der Waals surface area (Å²) >= 11 is 0. The normalized spacial score (nSPS) is 11.9. The zero-order chi connectivity index (χ0) is 24.7. The Bertz CT molecular complexity index is 1100. The van der Waals surface area contributed by atoms with E-state index in [0.717, 1.165) is 5.56 Å². The highest BCUT2D eigenvalue weighted by Gasteiger charge is 2.21. The first kappa shape index (κ1) is 25.0. The maximum absolute atomic E-state index is 12.9. The van der Waals surface area contributed by atoms with Crippen molar-refractivity contribution < 1.29 is 27.8 Å². The molecule has 1 aromatic heterocycles. The summed E-state index contributed by atoms with van der Waals surface area (Å²) in [7, 11) is 0. The van der Waals surface area contributed by atoms with Gasteiger partial charge in [-0.05, 0) is 75.7 Å². The molecule has 3 aromatic rings. The van der Waals surface area contributed by atoms with Crippen molar-refractivity contribution in [1.82, 2.24) is 9.78 Å². The van der Waals surface area contributed by atoms with E-state index < -0.39 is 12.5 Å². The number of benzene rings is 2. The van der Waals surface area contributed by atoms with Gasteiger partial charge in [0, 0.05) is 11.4 Å². The molecule has 0 aliphatic heterocycles. The molecule has 34 heavy (non-hydrogen) atoms. The zero-order valence-electron chi connectivity index (χ0n) is 19.7. The SMILES string of the molecule is CCOc1ccc(COc2ccc(NC(=O)C(C)n3nc(C(F)F)cc3C)cc2)cc1OCC. The Kier molecular flexibility index (Phi) is 8.45. The zero-order valence-corrected chi connectivity index (χ0v) is 19.7. The number of anilines is 1. The van der Waals surface area contributed by atoms with Crippen LogP contribution in [0, 0.1) is 6.92 Å². The van der Waals surface area contributed by atoms with Gasteiger partial charge in [-0.3, -0.25) is 9.48 Å². The lowest BCUT2D eigenvalue weighted by atomic mass is 10.2. The molecule has 9 heteroatoms. The summed E-state index contributed by atoms with van der Waals surface area (Å²) in [6.07, 6.45) is -2.68. The molecule has 0 aliphatic rings. The smallest absolute Gasteiger partial charge is 0.282 e. The largest absolute Gasteiger partial charge is 0.490 e. The quantitative estimate of drug-likeness (QED) is 0.386. The van der Waals surface area contributed by atoms with Crippen LogP contribution in [0.5, 0.6) is 17.2 Å². The second-order valence-corrected chi connectivity index (χ2v) is 7.58. The van der Waals surface area contributed by atoms with Crippen LogP contribution < -0.4 is 19.5 Å². The van der Waals surface area contributed by atoms with Crippen LogP contribution in [0.2, 0.25) is 0 Å². The maximum atomic E-state index is 12.9. The minimum absolute atomic E-state index is 0.334. The number of nitrogens with one attached hydrogen (secondary N) is 1. The molecule has 1 heterocycles. The van der Waals surface area contributed by atoms with E-state index >= 15 is 0 Å². The molecule has 182 valence electrons. The molecule has 0 spiro atoms. The molecule has 0 fully saturated rings. The molecule has 3 rings (SSSR count). The molecular formula is C25H29F2N3O4. The summed E-state index contributed by atoms with van der Waals surface area (Å²) in [5.74, 6) is 1.63. The molecular weight excluding hydrogens is 444 g/mol.